The summed E-state index contributed by atoms with van der Waals surface area (Å²) in [5.41, 5.74) is 2.57. The Kier molecular flexibility index (Phi) is 8.64. The molecule has 0 atom stereocenters. The van der Waals surface area contributed by atoms with Gasteiger partial charge in [-0.25, -0.2) is 0 Å². The summed E-state index contributed by atoms with van der Waals surface area (Å²) in [6, 6.07) is 1.87. The number of allylic oxidation sites excluding steroid dienone is 1. The van der Waals surface area contributed by atoms with E-state index in [0.29, 0.717) is 16.7 Å². The lowest BCUT2D eigenvalue weighted by Crippen LogP contribution is -2.37. The highest BCUT2D eigenvalue weighted by molar-refractivity contribution is 14.0. The van der Waals surface area contributed by atoms with Crippen molar-refractivity contribution in [2.24, 2.45) is 12.0 Å². The molecule has 0 aliphatic heterocycles. The summed E-state index contributed by atoms with van der Waals surface area (Å²) < 4.78 is 1.87. The van der Waals surface area contributed by atoms with Crippen LogP contribution in [-0.2, 0) is 13.6 Å². The van der Waals surface area contributed by atoms with Crippen molar-refractivity contribution in [3.05, 3.63) is 33.6 Å². The predicted octanol–water partition coefficient (Wildman–Crippen LogP) is 4.12. The number of nitrogens with one attached hydrogen (secondary N) is 2. The Bertz CT molecular complexity index is 552. The molecule has 0 bridgehead atoms. The topological polar surface area (TPSA) is 41.4 Å². The van der Waals surface area contributed by atoms with E-state index >= 15 is 0 Å². The molecule has 4 nitrogen and oxygen atoms in total. The van der Waals surface area contributed by atoms with Gasteiger partial charge in [-0.15, -0.1) is 24.0 Å². The number of halogens is 3. The van der Waals surface area contributed by atoms with E-state index in [1.165, 1.54) is 19.3 Å². The first-order valence-corrected chi connectivity index (χ1v) is 7.99. The molecular weight excluding hydrogens is 434 g/mol. The normalized spacial score (nSPS) is 14.5. The predicted molar refractivity (Wildman–Crippen MR) is 106 cm³/mol. The monoisotopic (exact) mass is 456 g/mol. The zero-order chi connectivity index (χ0) is 15.2. The zero-order valence-corrected chi connectivity index (χ0v) is 16.8. The summed E-state index contributed by atoms with van der Waals surface area (Å²) in [6.07, 6.45) is 7.22. The van der Waals surface area contributed by atoms with E-state index in [1.54, 1.807) is 12.6 Å². The first-order chi connectivity index (χ1) is 10.1. The molecule has 0 unspecified atom stereocenters. The van der Waals surface area contributed by atoms with Crippen LogP contribution in [0.3, 0.4) is 0 Å². The lowest BCUT2D eigenvalue weighted by Gasteiger charge is -2.12. The van der Waals surface area contributed by atoms with Gasteiger partial charge in [-0.2, -0.15) is 0 Å². The minimum Gasteiger partial charge on any atom is -0.356 e. The van der Waals surface area contributed by atoms with Gasteiger partial charge in [-0.3, -0.25) is 4.99 Å². The van der Waals surface area contributed by atoms with Crippen molar-refractivity contribution in [3.63, 3.8) is 0 Å². The van der Waals surface area contributed by atoms with Gasteiger partial charge in [0.1, 0.15) is 5.15 Å². The minimum atomic E-state index is 0. The molecule has 0 aromatic carbocycles. The number of hydrogen-bond acceptors (Lipinski definition) is 1. The third-order valence-corrected chi connectivity index (χ3v) is 4.59. The maximum atomic E-state index is 6.05. The fraction of sp³-hybridized carbons (Fsp3) is 0.533. The van der Waals surface area contributed by atoms with Crippen LogP contribution >= 0.6 is 47.2 Å². The van der Waals surface area contributed by atoms with E-state index in [0.717, 1.165) is 24.6 Å². The molecule has 0 amide bonds. The van der Waals surface area contributed by atoms with Crippen molar-refractivity contribution in [2.45, 2.75) is 32.2 Å². The maximum Gasteiger partial charge on any atom is 0.191 e. The van der Waals surface area contributed by atoms with Crippen molar-refractivity contribution >= 4 is 53.1 Å². The molecular formula is C15H23Cl2IN4. The molecule has 7 heteroatoms. The van der Waals surface area contributed by atoms with Crippen LogP contribution in [0.4, 0.5) is 0 Å². The molecule has 0 fully saturated rings. The molecule has 1 aromatic rings. The molecule has 124 valence electrons. The van der Waals surface area contributed by atoms with Crippen LogP contribution < -0.4 is 10.6 Å². The Morgan fingerprint density at radius 2 is 2.14 bits per heavy atom. The van der Waals surface area contributed by atoms with Crippen LogP contribution in [0, 0.1) is 0 Å². The number of aliphatic imine (C=N–C) groups is 1. The van der Waals surface area contributed by atoms with Crippen molar-refractivity contribution in [3.8, 4) is 0 Å². The molecule has 0 saturated heterocycles. The van der Waals surface area contributed by atoms with Gasteiger partial charge in [0.25, 0.3) is 0 Å². The molecule has 1 aromatic heterocycles. The molecule has 22 heavy (non-hydrogen) atoms. The molecule has 0 spiro atoms. The molecule has 0 saturated carbocycles. The van der Waals surface area contributed by atoms with Crippen LogP contribution in [0.5, 0.6) is 0 Å². The molecule has 1 aliphatic carbocycles. The van der Waals surface area contributed by atoms with E-state index < -0.39 is 0 Å². The molecule has 2 N–H and O–H groups in total. The lowest BCUT2D eigenvalue weighted by atomic mass is 10.2. The van der Waals surface area contributed by atoms with Gasteiger partial charge in [0.15, 0.2) is 5.96 Å². The number of nitrogens with zero attached hydrogens (tertiary/aromatic N) is 2. The van der Waals surface area contributed by atoms with Crippen LogP contribution in [0.25, 0.3) is 0 Å². The zero-order valence-electron chi connectivity index (χ0n) is 13.0. The van der Waals surface area contributed by atoms with E-state index in [1.807, 2.05) is 17.7 Å². The maximum absolute atomic E-state index is 6.05. The first-order valence-electron chi connectivity index (χ1n) is 7.24. The van der Waals surface area contributed by atoms with Gasteiger partial charge in [-0.05, 0) is 31.7 Å². The molecule has 2 rings (SSSR count). The highest BCUT2D eigenvalue weighted by atomic mass is 127. The first kappa shape index (κ1) is 19.6. The third-order valence-electron chi connectivity index (χ3n) is 3.75. The summed E-state index contributed by atoms with van der Waals surface area (Å²) in [5.74, 6) is 0.794. The van der Waals surface area contributed by atoms with Crippen LogP contribution in [0.2, 0.25) is 10.2 Å². The van der Waals surface area contributed by atoms with Gasteiger partial charge >= 0.3 is 0 Å². The Labute approximate surface area is 159 Å². The highest BCUT2D eigenvalue weighted by Gasteiger charge is 2.09. The van der Waals surface area contributed by atoms with E-state index in [9.17, 15) is 0 Å². The number of rotatable bonds is 5. The smallest absolute Gasteiger partial charge is 0.191 e. The van der Waals surface area contributed by atoms with Crippen LogP contribution in [0.1, 0.15) is 31.4 Å². The second kappa shape index (κ2) is 9.67. The molecule has 1 heterocycles. The third kappa shape index (κ3) is 5.35. The quantitative estimate of drug-likeness (QED) is 0.303. The average molecular weight is 457 g/mol. The largest absolute Gasteiger partial charge is 0.356 e. The number of guanidine groups is 1. The van der Waals surface area contributed by atoms with E-state index in [-0.39, 0.29) is 24.0 Å². The van der Waals surface area contributed by atoms with Crippen molar-refractivity contribution in [1.82, 2.24) is 15.2 Å². The van der Waals surface area contributed by atoms with Crippen molar-refractivity contribution in [1.29, 1.82) is 0 Å². The lowest BCUT2D eigenvalue weighted by molar-refractivity contribution is 0.740. The fourth-order valence-electron chi connectivity index (χ4n) is 2.46. The number of hydrogen-bond donors (Lipinski definition) is 2. The van der Waals surface area contributed by atoms with Gasteiger partial charge in [0.05, 0.1) is 11.6 Å². The van der Waals surface area contributed by atoms with E-state index in [4.69, 9.17) is 23.2 Å². The SMILES string of the molecule is CN=C(NCCC1=CCCC1)NCc1cc(Cl)c(Cl)n1C.I. The van der Waals surface area contributed by atoms with Gasteiger partial charge in [-0.1, -0.05) is 34.9 Å². The van der Waals surface area contributed by atoms with Crippen molar-refractivity contribution < 1.29 is 0 Å². The summed E-state index contributed by atoms with van der Waals surface area (Å²) >= 11 is 12.1. The van der Waals surface area contributed by atoms with Crippen LogP contribution in [-0.4, -0.2) is 24.1 Å². The van der Waals surface area contributed by atoms with E-state index in [2.05, 4.69) is 21.7 Å². The molecule has 0 radical (unpaired) electrons. The second-order valence-corrected chi connectivity index (χ2v) is 5.96. The average Bonchev–Trinajstić information content (AvgIpc) is 3.07. The Hall–Kier alpha value is -0.400. The Morgan fingerprint density at radius 3 is 2.68 bits per heavy atom. The Morgan fingerprint density at radius 1 is 1.36 bits per heavy atom. The van der Waals surface area contributed by atoms with Gasteiger partial charge in [0, 0.05) is 26.3 Å². The molecule has 1 aliphatic rings. The Balaban J connectivity index is 0.00000242. The summed E-state index contributed by atoms with van der Waals surface area (Å²) in [5, 5.41) is 7.74. The second-order valence-electron chi connectivity index (χ2n) is 5.19. The van der Waals surface area contributed by atoms with Crippen LogP contribution in [0.15, 0.2) is 22.7 Å². The summed E-state index contributed by atoms with van der Waals surface area (Å²) in [6.45, 7) is 1.53. The number of aromatic nitrogens is 1. The minimum absolute atomic E-state index is 0. The highest BCUT2D eigenvalue weighted by Crippen LogP contribution is 2.24. The summed E-state index contributed by atoms with van der Waals surface area (Å²) in [4.78, 5) is 4.23. The van der Waals surface area contributed by atoms with Gasteiger partial charge in [0.2, 0.25) is 0 Å². The standard InChI is InChI=1S/C15H22Cl2N4.HI/c1-18-15(19-8-7-11-5-3-4-6-11)20-10-12-9-13(16)14(17)21(12)2;/h5,9H,3-4,6-8,10H2,1-2H3,(H2,18,19,20);1H. The van der Waals surface area contributed by atoms with Gasteiger partial charge < -0.3 is 15.2 Å². The van der Waals surface area contributed by atoms with Crippen molar-refractivity contribution in [2.75, 3.05) is 13.6 Å². The fourth-order valence-corrected chi connectivity index (χ4v) is 2.88. The summed E-state index contributed by atoms with van der Waals surface area (Å²) in [7, 11) is 3.67.